The predicted molar refractivity (Wildman–Crippen MR) is 57.1 cm³/mol. The molecule has 3 rings (SSSR count). The molecule has 0 saturated carbocycles. The maximum absolute atomic E-state index is 11.3. The van der Waals surface area contributed by atoms with Crippen molar-refractivity contribution in [2.45, 2.75) is 5.92 Å². The summed E-state index contributed by atoms with van der Waals surface area (Å²) in [5.74, 6) is 0.285. The molecule has 0 amide bonds. The van der Waals surface area contributed by atoms with E-state index in [0.29, 0.717) is 11.5 Å². The van der Waals surface area contributed by atoms with Gasteiger partial charge in [-0.2, -0.15) is 0 Å². The van der Waals surface area contributed by atoms with Crippen LogP contribution in [0.5, 0.6) is 0 Å². The van der Waals surface area contributed by atoms with E-state index in [1.165, 1.54) is 5.56 Å². The Kier molecular flexibility index (Phi) is 1.73. The minimum atomic E-state index is -0.297. The third-order valence-corrected chi connectivity index (χ3v) is 3.07. The normalized spacial score (nSPS) is 16.9. The molecule has 1 N–H and O–H groups in total. The Morgan fingerprint density at radius 1 is 1.47 bits per heavy atom. The zero-order valence-corrected chi connectivity index (χ0v) is 8.49. The molecule has 0 radical (unpaired) electrons. The highest BCUT2D eigenvalue weighted by atomic mass is 16.4. The fourth-order valence-electron chi connectivity index (χ4n) is 1.92. The van der Waals surface area contributed by atoms with Crippen LogP contribution < -0.4 is 11.1 Å². The maximum Gasteiger partial charge on any atom is 0.419 e. The Hall–Kier alpha value is -1.55. The molecule has 1 aromatic carbocycles. The van der Waals surface area contributed by atoms with Crippen LogP contribution in [0.2, 0.25) is 0 Å². The van der Waals surface area contributed by atoms with Crippen LogP contribution in [0.25, 0.3) is 11.1 Å². The first-order chi connectivity index (χ1) is 7.25. The van der Waals surface area contributed by atoms with E-state index in [1.54, 1.807) is 11.6 Å². The molecule has 0 spiro atoms. The number of hydrogen-bond donors (Lipinski definition) is 1. The minimum Gasteiger partial charge on any atom is -0.408 e. The number of rotatable bonds is 1. The van der Waals surface area contributed by atoms with Crippen molar-refractivity contribution in [1.29, 1.82) is 0 Å². The minimum absolute atomic E-state index is 0.297. The van der Waals surface area contributed by atoms with Crippen molar-refractivity contribution in [3.63, 3.8) is 0 Å². The molecule has 0 unspecified atom stereocenters. The van der Waals surface area contributed by atoms with Gasteiger partial charge in [-0.05, 0) is 17.7 Å². The van der Waals surface area contributed by atoms with E-state index in [1.807, 2.05) is 18.2 Å². The summed E-state index contributed by atoms with van der Waals surface area (Å²) < 4.78 is 6.62. The maximum atomic E-state index is 11.3. The zero-order chi connectivity index (χ0) is 10.4. The second-order valence-electron chi connectivity index (χ2n) is 4.01. The van der Waals surface area contributed by atoms with E-state index in [9.17, 15) is 4.79 Å². The smallest absolute Gasteiger partial charge is 0.408 e. The fraction of sp³-hybridized carbons (Fsp3) is 0.364. The molecule has 1 aliphatic heterocycles. The van der Waals surface area contributed by atoms with Crippen LogP contribution in [-0.2, 0) is 7.05 Å². The number of aryl methyl sites for hydroxylation is 1. The van der Waals surface area contributed by atoms with E-state index in [-0.39, 0.29) is 5.76 Å². The van der Waals surface area contributed by atoms with Crippen molar-refractivity contribution < 1.29 is 4.42 Å². The summed E-state index contributed by atoms with van der Waals surface area (Å²) in [7, 11) is 1.73. The average molecular weight is 204 g/mol. The Morgan fingerprint density at radius 2 is 2.27 bits per heavy atom. The lowest BCUT2D eigenvalue weighted by Crippen LogP contribution is -2.39. The molecular formula is C11H12N2O2. The lowest BCUT2D eigenvalue weighted by molar-refractivity contribution is 0.448. The molecule has 0 aliphatic carbocycles. The molecule has 0 atom stereocenters. The molecule has 1 fully saturated rings. The largest absolute Gasteiger partial charge is 0.419 e. The number of benzene rings is 1. The van der Waals surface area contributed by atoms with E-state index >= 15 is 0 Å². The third kappa shape index (κ3) is 1.22. The van der Waals surface area contributed by atoms with E-state index in [2.05, 4.69) is 5.32 Å². The van der Waals surface area contributed by atoms with Crippen molar-refractivity contribution in [3.8, 4) is 0 Å². The van der Waals surface area contributed by atoms with Gasteiger partial charge in [-0.25, -0.2) is 4.79 Å². The van der Waals surface area contributed by atoms with Gasteiger partial charge in [0, 0.05) is 26.1 Å². The van der Waals surface area contributed by atoms with E-state index in [4.69, 9.17) is 4.42 Å². The van der Waals surface area contributed by atoms with Gasteiger partial charge in [0.2, 0.25) is 0 Å². The number of hydrogen-bond acceptors (Lipinski definition) is 3. The van der Waals surface area contributed by atoms with Crippen molar-refractivity contribution in [1.82, 2.24) is 9.88 Å². The number of oxazole rings is 1. The monoisotopic (exact) mass is 204 g/mol. The topological polar surface area (TPSA) is 47.2 Å². The van der Waals surface area contributed by atoms with Crippen molar-refractivity contribution in [3.05, 3.63) is 34.3 Å². The van der Waals surface area contributed by atoms with Crippen LogP contribution in [-0.4, -0.2) is 17.7 Å². The first-order valence-electron chi connectivity index (χ1n) is 5.06. The lowest BCUT2D eigenvalue weighted by Gasteiger charge is -2.27. The Labute approximate surface area is 86.5 Å². The standard InChI is InChI=1S/C11H12N2O2/c1-13-9-4-7(8-5-12-6-8)2-3-10(9)15-11(13)14/h2-4,8,12H,5-6H2,1H3. The highest BCUT2D eigenvalue weighted by Gasteiger charge is 2.19. The van der Waals surface area contributed by atoms with Crippen molar-refractivity contribution in [2.24, 2.45) is 7.05 Å². The van der Waals surface area contributed by atoms with Gasteiger partial charge in [0.1, 0.15) is 0 Å². The molecule has 2 heterocycles. The molecule has 2 aromatic rings. The quantitative estimate of drug-likeness (QED) is 0.748. The molecule has 0 bridgehead atoms. The molecule has 78 valence electrons. The van der Waals surface area contributed by atoms with Crippen molar-refractivity contribution >= 4 is 11.1 Å². The first kappa shape index (κ1) is 8.73. The Balaban J connectivity index is 2.19. The highest BCUT2D eigenvalue weighted by molar-refractivity contribution is 5.74. The molecule has 1 aliphatic rings. The second kappa shape index (κ2) is 2.97. The summed E-state index contributed by atoms with van der Waals surface area (Å²) in [6.07, 6.45) is 0. The predicted octanol–water partition coefficient (Wildman–Crippen LogP) is 0.818. The summed E-state index contributed by atoms with van der Waals surface area (Å²) >= 11 is 0. The first-order valence-corrected chi connectivity index (χ1v) is 5.06. The van der Waals surface area contributed by atoms with Gasteiger partial charge in [0.25, 0.3) is 0 Å². The Bertz CT molecular complexity index is 563. The van der Waals surface area contributed by atoms with Crippen molar-refractivity contribution in [2.75, 3.05) is 13.1 Å². The van der Waals surface area contributed by atoms with Gasteiger partial charge < -0.3 is 9.73 Å². The average Bonchev–Trinajstić information content (AvgIpc) is 2.41. The molecular weight excluding hydrogens is 192 g/mol. The van der Waals surface area contributed by atoms with Crippen LogP contribution in [0.4, 0.5) is 0 Å². The zero-order valence-electron chi connectivity index (χ0n) is 8.49. The van der Waals surface area contributed by atoms with Gasteiger partial charge >= 0.3 is 5.76 Å². The van der Waals surface area contributed by atoms with Gasteiger partial charge in [0.05, 0.1) is 5.52 Å². The van der Waals surface area contributed by atoms with Crippen LogP contribution >= 0.6 is 0 Å². The molecule has 15 heavy (non-hydrogen) atoms. The lowest BCUT2D eigenvalue weighted by atomic mass is 9.93. The van der Waals surface area contributed by atoms with Crippen LogP contribution in [0, 0.1) is 0 Å². The molecule has 1 aromatic heterocycles. The number of fused-ring (bicyclic) bond motifs is 1. The van der Waals surface area contributed by atoms with Gasteiger partial charge in [0.15, 0.2) is 5.58 Å². The summed E-state index contributed by atoms with van der Waals surface area (Å²) in [5.41, 5.74) is 2.82. The van der Waals surface area contributed by atoms with Crippen LogP contribution in [0.1, 0.15) is 11.5 Å². The molecule has 4 heteroatoms. The summed E-state index contributed by atoms with van der Waals surface area (Å²) in [5, 5.41) is 3.24. The number of nitrogens with zero attached hydrogens (tertiary/aromatic N) is 1. The van der Waals surface area contributed by atoms with E-state index in [0.717, 1.165) is 18.6 Å². The van der Waals surface area contributed by atoms with E-state index < -0.39 is 0 Å². The SMILES string of the molecule is Cn1c(=O)oc2ccc(C3CNC3)cc21. The molecule has 4 nitrogen and oxygen atoms in total. The van der Waals surface area contributed by atoms with Crippen LogP contribution in [0.15, 0.2) is 27.4 Å². The summed E-state index contributed by atoms with van der Waals surface area (Å²) in [4.78, 5) is 11.3. The molecule has 1 saturated heterocycles. The van der Waals surface area contributed by atoms with Gasteiger partial charge in [-0.1, -0.05) is 6.07 Å². The van der Waals surface area contributed by atoms with Gasteiger partial charge in [-0.3, -0.25) is 4.57 Å². The fourth-order valence-corrected chi connectivity index (χ4v) is 1.92. The van der Waals surface area contributed by atoms with Gasteiger partial charge in [-0.15, -0.1) is 0 Å². The number of nitrogens with one attached hydrogen (secondary N) is 1. The highest BCUT2D eigenvalue weighted by Crippen LogP contribution is 2.23. The second-order valence-corrected chi connectivity index (χ2v) is 4.01. The summed E-state index contributed by atoms with van der Waals surface area (Å²) in [6.45, 7) is 2.05. The summed E-state index contributed by atoms with van der Waals surface area (Å²) in [6, 6.07) is 5.97. The van der Waals surface area contributed by atoms with Crippen LogP contribution in [0.3, 0.4) is 0 Å². The number of aromatic nitrogens is 1. The third-order valence-electron chi connectivity index (χ3n) is 3.07. The Morgan fingerprint density at radius 3 is 2.93 bits per heavy atom.